The second kappa shape index (κ2) is 10.3. The monoisotopic (exact) mass is 452 g/mol. The van der Waals surface area contributed by atoms with Crippen molar-refractivity contribution >= 4 is 17.6 Å². The number of hydrogen-bond donors (Lipinski definition) is 1. The Kier molecular flexibility index (Phi) is 7.28. The first-order chi connectivity index (χ1) is 15.5. The number of benzene rings is 2. The maximum atomic E-state index is 10.6. The number of ether oxygens (including phenoxy) is 1. The summed E-state index contributed by atoms with van der Waals surface area (Å²) in [7, 11) is 0. The highest BCUT2D eigenvalue weighted by Crippen LogP contribution is 2.36. The first kappa shape index (κ1) is 22.6. The molecule has 0 unspecified atom stereocenters. The average molecular weight is 453 g/mol. The van der Waals surface area contributed by atoms with E-state index in [1.807, 2.05) is 30.3 Å². The van der Waals surface area contributed by atoms with Crippen LogP contribution < -0.4 is 0 Å². The third-order valence-corrected chi connectivity index (χ3v) is 6.62. The minimum absolute atomic E-state index is 0.206. The molecule has 1 aliphatic carbocycles. The summed E-state index contributed by atoms with van der Waals surface area (Å²) in [6.07, 6.45) is 4.36. The molecule has 0 atom stereocenters. The van der Waals surface area contributed by atoms with E-state index >= 15 is 0 Å². The normalized spacial score (nSPS) is 18.6. The Morgan fingerprint density at radius 1 is 1.03 bits per heavy atom. The fourth-order valence-corrected chi connectivity index (χ4v) is 4.75. The number of nitrogens with zero attached hydrogens (tertiary/aromatic N) is 2. The molecule has 0 saturated heterocycles. The lowest BCUT2D eigenvalue weighted by Crippen LogP contribution is -2.23. The molecule has 1 saturated carbocycles. The molecule has 1 aliphatic rings. The summed E-state index contributed by atoms with van der Waals surface area (Å²) >= 11 is 6.13. The molecule has 4 rings (SSSR count). The SMILES string of the molecule is Cc1c(-c2ccc(Cl)cc2)c(-c2ccccc2)nn1CC1CCC(COCC(=O)O)CC1. The molecule has 168 valence electrons. The van der Waals surface area contributed by atoms with E-state index in [4.69, 9.17) is 26.5 Å². The molecule has 6 heteroatoms. The molecule has 5 nitrogen and oxygen atoms in total. The second-order valence-electron chi connectivity index (χ2n) is 8.66. The maximum absolute atomic E-state index is 10.6. The lowest BCUT2D eigenvalue weighted by molar-refractivity contribution is -0.142. The van der Waals surface area contributed by atoms with Crippen LogP contribution in [0.4, 0.5) is 0 Å². The zero-order valence-electron chi connectivity index (χ0n) is 18.3. The summed E-state index contributed by atoms with van der Waals surface area (Å²) in [5, 5.41) is 14.5. The number of carboxylic acids is 1. The van der Waals surface area contributed by atoms with Gasteiger partial charge in [0.15, 0.2) is 0 Å². The van der Waals surface area contributed by atoms with E-state index in [0.29, 0.717) is 18.4 Å². The van der Waals surface area contributed by atoms with Crippen molar-refractivity contribution in [1.82, 2.24) is 9.78 Å². The van der Waals surface area contributed by atoms with Crippen LogP contribution in [0.3, 0.4) is 0 Å². The highest BCUT2D eigenvalue weighted by Gasteiger charge is 2.24. The molecule has 32 heavy (non-hydrogen) atoms. The predicted molar refractivity (Wildman–Crippen MR) is 127 cm³/mol. The molecule has 0 bridgehead atoms. The van der Waals surface area contributed by atoms with Crippen molar-refractivity contribution < 1.29 is 14.6 Å². The van der Waals surface area contributed by atoms with E-state index in [-0.39, 0.29) is 6.61 Å². The number of carboxylic acid groups (broad SMARTS) is 1. The van der Waals surface area contributed by atoms with Crippen LogP contribution in [-0.2, 0) is 16.1 Å². The van der Waals surface area contributed by atoms with E-state index in [1.165, 1.54) is 0 Å². The van der Waals surface area contributed by atoms with E-state index in [9.17, 15) is 4.79 Å². The Morgan fingerprint density at radius 3 is 2.34 bits per heavy atom. The Morgan fingerprint density at radius 2 is 1.69 bits per heavy atom. The molecule has 0 amide bonds. The first-order valence-electron chi connectivity index (χ1n) is 11.2. The van der Waals surface area contributed by atoms with Crippen LogP contribution in [0.1, 0.15) is 31.4 Å². The minimum Gasteiger partial charge on any atom is -0.480 e. The van der Waals surface area contributed by atoms with Gasteiger partial charge >= 0.3 is 5.97 Å². The van der Waals surface area contributed by atoms with Crippen LogP contribution in [0.5, 0.6) is 0 Å². The molecule has 3 aromatic rings. The van der Waals surface area contributed by atoms with Gasteiger partial charge in [0.25, 0.3) is 0 Å². The van der Waals surface area contributed by atoms with Crippen LogP contribution in [0.25, 0.3) is 22.4 Å². The van der Waals surface area contributed by atoms with Gasteiger partial charge in [0.05, 0.1) is 6.61 Å². The molecule has 1 fully saturated rings. The number of carbonyl (C=O) groups is 1. The first-order valence-corrected chi connectivity index (χ1v) is 11.6. The molecular formula is C26H29ClN2O3. The summed E-state index contributed by atoms with van der Waals surface area (Å²) in [6.45, 7) is 3.37. The third-order valence-electron chi connectivity index (χ3n) is 6.36. The van der Waals surface area contributed by atoms with Crippen LogP contribution in [0, 0.1) is 18.8 Å². The fourth-order valence-electron chi connectivity index (χ4n) is 4.62. The average Bonchev–Trinajstić information content (AvgIpc) is 3.12. The standard InChI is InChI=1S/C26H29ClN2O3/c1-18-25(21-11-13-23(27)14-12-21)26(22-5-3-2-4-6-22)28-29(18)15-19-7-9-20(10-8-19)16-32-17-24(30)31/h2-6,11-14,19-20H,7-10,15-17H2,1H3,(H,30,31). The van der Waals surface area contributed by atoms with Crippen LogP contribution in [0.2, 0.25) is 5.02 Å². The van der Waals surface area contributed by atoms with E-state index in [0.717, 1.165) is 65.3 Å². The Bertz CT molecular complexity index is 1040. The van der Waals surface area contributed by atoms with Crippen molar-refractivity contribution in [2.75, 3.05) is 13.2 Å². The maximum Gasteiger partial charge on any atom is 0.329 e. The van der Waals surface area contributed by atoms with Crippen molar-refractivity contribution in [3.05, 3.63) is 65.3 Å². The zero-order valence-corrected chi connectivity index (χ0v) is 19.1. The Hall–Kier alpha value is -2.63. The largest absolute Gasteiger partial charge is 0.480 e. The molecular weight excluding hydrogens is 424 g/mol. The van der Waals surface area contributed by atoms with Crippen LogP contribution >= 0.6 is 11.6 Å². The molecule has 2 aromatic carbocycles. The summed E-state index contributed by atoms with van der Waals surface area (Å²) in [5.74, 6) is 0.110. The summed E-state index contributed by atoms with van der Waals surface area (Å²) in [6, 6.07) is 18.3. The quantitative estimate of drug-likeness (QED) is 0.449. The molecule has 0 spiro atoms. The topological polar surface area (TPSA) is 64.4 Å². The van der Waals surface area contributed by atoms with Gasteiger partial charge in [0.1, 0.15) is 12.3 Å². The minimum atomic E-state index is -0.904. The number of rotatable bonds is 8. The lowest BCUT2D eigenvalue weighted by Gasteiger charge is -2.28. The third kappa shape index (κ3) is 5.40. The highest BCUT2D eigenvalue weighted by atomic mass is 35.5. The van der Waals surface area contributed by atoms with Crippen molar-refractivity contribution in [1.29, 1.82) is 0 Å². The molecule has 0 aliphatic heterocycles. The van der Waals surface area contributed by atoms with E-state index in [1.54, 1.807) is 0 Å². The van der Waals surface area contributed by atoms with Gasteiger partial charge in [0, 0.05) is 28.4 Å². The van der Waals surface area contributed by atoms with Crippen LogP contribution in [0.15, 0.2) is 54.6 Å². The van der Waals surface area contributed by atoms with Gasteiger partial charge in [-0.05, 0) is 62.1 Å². The molecule has 1 N–H and O–H groups in total. The van der Waals surface area contributed by atoms with Gasteiger partial charge in [-0.15, -0.1) is 0 Å². The van der Waals surface area contributed by atoms with E-state index in [2.05, 4.69) is 35.9 Å². The Balaban J connectivity index is 1.51. The summed E-state index contributed by atoms with van der Waals surface area (Å²) in [5.41, 5.74) is 5.55. The van der Waals surface area contributed by atoms with Gasteiger partial charge in [-0.2, -0.15) is 5.10 Å². The highest BCUT2D eigenvalue weighted by molar-refractivity contribution is 6.30. The van der Waals surface area contributed by atoms with Crippen molar-refractivity contribution in [3.63, 3.8) is 0 Å². The fraction of sp³-hybridized carbons (Fsp3) is 0.385. The van der Waals surface area contributed by atoms with Crippen molar-refractivity contribution in [2.45, 2.75) is 39.2 Å². The smallest absolute Gasteiger partial charge is 0.329 e. The molecule has 1 aromatic heterocycles. The predicted octanol–water partition coefficient (Wildman–Crippen LogP) is 6.09. The van der Waals surface area contributed by atoms with Gasteiger partial charge in [-0.1, -0.05) is 54.1 Å². The summed E-state index contributed by atoms with van der Waals surface area (Å²) < 4.78 is 7.47. The van der Waals surface area contributed by atoms with Crippen LogP contribution in [-0.4, -0.2) is 34.1 Å². The van der Waals surface area contributed by atoms with Gasteiger partial charge in [0.2, 0.25) is 0 Å². The summed E-state index contributed by atoms with van der Waals surface area (Å²) in [4.78, 5) is 10.6. The van der Waals surface area contributed by atoms with Gasteiger partial charge in [-0.3, -0.25) is 4.68 Å². The number of hydrogen-bond acceptors (Lipinski definition) is 3. The van der Waals surface area contributed by atoms with Gasteiger partial charge in [-0.25, -0.2) is 4.79 Å². The number of aromatic nitrogens is 2. The molecule has 1 heterocycles. The zero-order chi connectivity index (χ0) is 22.5. The van der Waals surface area contributed by atoms with E-state index < -0.39 is 5.97 Å². The van der Waals surface area contributed by atoms with Crippen molar-refractivity contribution in [2.24, 2.45) is 11.8 Å². The Labute approximate surface area is 194 Å². The lowest BCUT2D eigenvalue weighted by atomic mass is 9.82. The second-order valence-corrected chi connectivity index (χ2v) is 9.10. The van der Waals surface area contributed by atoms with Crippen molar-refractivity contribution in [3.8, 4) is 22.4 Å². The number of aliphatic carboxylic acids is 1. The van der Waals surface area contributed by atoms with Gasteiger partial charge < -0.3 is 9.84 Å². The molecule has 0 radical (unpaired) electrons. The number of halogens is 1.